The van der Waals surface area contributed by atoms with Gasteiger partial charge in [-0.25, -0.2) is 0 Å². The van der Waals surface area contributed by atoms with Crippen molar-refractivity contribution in [2.75, 3.05) is 0 Å². The lowest BCUT2D eigenvalue weighted by Crippen LogP contribution is -2.00. The van der Waals surface area contributed by atoms with E-state index in [2.05, 4.69) is 66.2 Å². The molecule has 3 aromatic carbocycles. The summed E-state index contributed by atoms with van der Waals surface area (Å²) in [5.41, 5.74) is 4.31. The summed E-state index contributed by atoms with van der Waals surface area (Å²) in [4.78, 5) is 0. The molecule has 1 N–H and O–H groups in total. The van der Waals surface area contributed by atoms with Gasteiger partial charge in [0.15, 0.2) is 0 Å². The average Bonchev–Trinajstić information content (AvgIpc) is 2.49. The van der Waals surface area contributed by atoms with Crippen LogP contribution in [0.25, 0.3) is 10.8 Å². The van der Waals surface area contributed by atoms with Crippen LogP contribution in [0.1, 0.15) is 28.4 Å². The van der Waals surface area contributed by atoms with Crippen LogP contribution in [-0.2, 0) is 0 Å². The van der Waals surface area contributed by atoms with Crippen LogP contribution >= 0.6 is 15.9 Å². The number of halogens is 1. The molecular weight excluding hydrogens is 324 g/mol. The maximum absolute atomic E-state index is 10.6. The first kappa shape index (κ1) is 14.3. The Morgan fingerprint density at radius 2 is 1.38 bits per heavy atom. The Hall–Kier alpha value is -1.64. The number of aryl methyl sites for hydroxylation is 2. The number of aliphatic hydroxyl groups is 1. The smallest absolute Gasteiger partial charge is 0.104 e. The minimum absolute atomic E-state index is 0.586. The number of hydrogen-bond donors (Lipinski definition) is 1. The van der Waals surface area contributed by atoms with Gasteiger partial charge in [0.05, 0.1) is 0 Å². The third-order valence-corrected chi connectivity index (χ3v) is 4.48. The van der Waals surface area contributed by atoms with Crippen molar-refractivity contribution < 1.29 is 5.11 Å². The predicted molar refractivity (Wildman–Crippen MR) is 91.6 cm³/mol. The van der Waals surface area contributed by atoms with Crippen LogP contribution in [0.15, 0.2) is 59.1 Å². The summed E-state index contributed by atoms with van der Waals surface area (Å²) < 4.78 is 1.07. The second-order valence-corrected chi connectivity index (χ2v) is 6.41. The molecule has 0 amide bonds. The SMILES string of the molecule is Cc1ccc(C(O)c2ccc3cc(Br)ccc3c2)cc1C. The zero-order chi connectivity index (χ0) is 15.0. The van der Waals surface area contributed by atoms with Gasteiger partial charge in [-0.3, -0.25) is 0 Å². The van der Waals surface area contributed by atoms with Crippen LogP contribution in [0, 0.1) is 13.8 Å². The molecular formula is C19H17BrO. The summed E-state index contributed by atoms with van der Waals surface area (Å²) in [6, 6.07) is 18.4. The molecule has 0 fully saturated rings. The van der Waals surface area contributed by atoms with Crippen LogP contribution < -0.4 is 0 Å². The summed E-state index contributed by atoms with van der Waals surface area (Å²) in [6.45, 7) is 4.16. The quantitative estimate of drug-likeness (QED) is 0.670. The van der Waals surface area contributed by atoms with Crippen LogP contribution in [0.5, 0.6) is 0 Å². The molecule has 1 nitrogen and oxygen atoms in total. The van der Waals surface area contributed by atoms with E-state index in [0.717, 1.165) is 21.0 Å². The lowest BCUT2D eigenvalue weighted by Gasteiger charge is -2.14. The molecule has 1 atom stereocenters. The van der Waals surface area contributed by atoms with E-state index in [1.54, 1.807) is 0 Å². The Bertz CT molecular complexity index is 808. The molecule has 1 unspecified atom stereocenters. The van der Waals surface area contributed by atoms with Gasteiger partial charge in [0.2, 0.25) is 0 Å². The van der Waals surface area contributed by atoms with E-state index < -0.39 is 6.10 Å². The molecule has 3 aromatic rings. The Morgan fingerprint density at radius 1 is 0.762 bits per heavy atom. The predicted octanol–water partition coefficient (Wildman–Crippen LogP) is 5.30. The molecule has 0 spiro atoms. The van der Waals surface area contributed by atoms with Crippen molar-refractivity contribution in [2.45, 2.75) is 20.0 Å². The van der Waals surface area contributed by atoms with Gasteiger partial charge in [-0.2, -0.15) is 0 Å². The fourth-order valence-corrected chi connectivity index (χ4v) is 2.91. The van der Waals surface area contributed by atoms with Crippen LogP contribution in [0.2, 0.25) is 0 Å². The van der Waals surface area contributed by atoms with Gasteiger partial charge >= 0.3 is 0 Å². The largest absolute Gasteiger partial charge is 0.384 e. The number of hydrogen-bond acceptors (Lipinski definition) is 1. The highest BCUT2D eigenvalue weighted by molar-refractivity contribution is 9.10. The Balaban J connectivity index is 2.02. The fraction of sp³-hybridized carbons (Fsp3) is 0.158. The van der Waals surface area contributed by atoms with Gasteiger partial charge in [0, 0.05) is 4.47 Å². The Labute approximate surface area is 133 Å². The first-order chi connectivity index (χ1) is 10.0. The van der Waals surface area contributed by atoms with E-state index in [0.29, 0.717) is 0 Å². The number of aliphatic hydroxyl groups excluding tert-OH is 1. The van der Waals surface area contributed by atoms with Gasteiger partial charge in [-0.1, -0.05) is 52.3 Å². The van der Waals surface area contributed by atoms with E-state index in [1.165, 1.54) is 16.5 Å². The third-order valence-electron chi connectivity index (χ3n) is 3.99. The van der Waals surface area contributed by atoms with Crippen molar-refractivity contribution in [1.29, 1.82) is 0 Å². The molecule has 0 saturated heterocycles. The van der Waals surface area contributed by atoms with E-state index in [9.17, 15) is 5.11 Å². The molecule has 0 heterocycles. The van der Waals surface area contributed by atoms with E-state index in [1.807, 2.05) is 18.2 Å². The van der Waals surface area contributed by atoms with Gasteiger partial charge in [0.25, 0.3) is 0 Å². The standard InChI is InChI=1S/C19H17BrO/c1-12-3-4-16(9-13(12)2)19(21)17-6-5-15-11-18(20)8-7-14(15)10-17/h3-11,19,21H,1-2H3. The zero-order valence-corrected chi connectivity index (χ0v) is 13.7. The first-order valence-corrected chi connectivity index (χ1v) is 7.78. The molecule has 0 bridgehead atoms. The van der Waals surface area contributed by atoms with Crippen LogP contribution in [0.3, 0.4) is 0 Å². The maximum atomic E-state index is 10.6. The van der Waals surface area contributed by atoms with Crippen molar-refractivity contribution in [3.63, 3.8) is 0 Å². The summed E-state index contributed by atoms with van der Waals surface area (Å²) in [5.74, 6) is 0. The topological polar surface area (TPSA) is 20.2 Å². The molecule has 0 aliphatic heterocycles. The summed E-state index contributed by atoms with van der Waals surface area (Å²) >= 11 is 3.48. The normalized spacial score (nSPS) is 12.6. The van der Waals surface area contributed by atoms with Crippen molar-refractivity contribution in [3.05, 3.63) is 81.3 Å². The number of benzene rings is 3. The lowest BCUT2D eigenvalue weighted by atomic mass is 9.96. The summed E-state index contributed by atoms with van der Waals surface area (Å²) in [5, 5.41) is 12.9. The third kappa shape index (κ3) is 2.87. The minimum Gasteiger partial charge on any atom is -0.384 e. The zero-order valence-electron chi connectivity index (χ0n) is 12.1. The van der Waals surface area contributed by atoms with E-state index in [4.69, 9.17) is 0 Å². The molecule has 0 radical (unpaired) electrons. The van der Waals surface area contributed by atoms with Crippen molar-refractivity contribution in [2.24, 2.45) is 0 Å². The highest BCUT2D eigenvalue weighted by atomic mass is 79.9. The van der Waals surface area contributed by atoms with Gasteiger partial charge in [0.1, 0.15) is 6.10 Å². The summed E-state index contributed by atoms with van der Waals surface area (Å²) in [7, 11) is 0. The highest BCUT2D eigenvalue weighted by Gasteiger charge is 2.11. The second kappa shape index (κ2) is 5.63. The second-order valence-electron chi connectivity index (χ2n) is 5.50. The molecule has 3 rings (SSSR count). The fourth-order valence-electron chi connectivity index (χ4n) is 2.53. The molecule has 2 heteroatoms. The van der Waals surface area contributed by atoms with Crippen LogP contribution in [0.4, 0.5) is 0 Å². The molecule has 21 heavy (non-hydrogen) atoms. The van der Waals surface area contributed by atoms with E-state index in [-0.39, 0.29) is 0 Å². The Kier molecular flexibility index (Phi) is 3.83. The highest BCUT2D eigenvalue weighted by Crippen LogP contribution is 2.28. The minimum atomic E-state index is -0.586. The van der Waals surface area contributed by atoms with E-state index >= 15 is 0 Å². The van der Waals surface area contributed by atoms with Crippen molar-refractivity contribution in [3.8, 4) is 0 Å². The van der Waals surface area contributed by atoms with Crippen LogP contribution in [-0.4, -0.2) is 5.11 Å². The summed E-state index contributed by atoms with van der Waals surface area (Å²) in [6.07, 6.45) is -0.586. The Morgan fingerprint density at radius 3 is 2.14 bits per heavy atom. The van der Waals surface area contributed by atoms with Gasteiger partial charge < -0.3 is 5.11 Å². The van der Waals surface area contributed by atoms with Crippen molar-refractivity contribution in [1.82, 2.24) is 0 Å². The molecule has 0 saturated carbocycles. The average molecular weight is 341 g/mol. The number of rotatable bonds is 2. The van der Waals surface area contributed by atoms with Gasteiger partial charge in [-0.15, -0.1) is 0 Å². The monoisotopic (exact) mass is 340 g/mol. The molecule has 0 aliphatic carbocycles. The maximum Gasteiger partial charge on any atom is 0.104 e. The lowest BCUT2D eigenvalue weighted by molar-refractivity contribution is 0.220. The molecule has 0 aliphatic rings. The van der Waals surface area contributed by atoms with Gasteiger partial charge in [-0.05, 0) is 65.1 Å². The molecule has 0 aromatic heterocycles. The molecule has 106 valence electrons. The van der Waals surface area contributed by atoms with Crippen molar-refractivity contribution >= 4 is 26.7 Å². The number of fused-ring (bicyclic) bond motifs is 1. The first-order valence-electron chi connectivity index (χ1n) is 6.99.